The van der Waals surface area contributed by atoms with Crippen LogP contribution in [0.5, 0.6) is 0 Å². The first kappa shape index (κ1) is 14.0. The summed E-state index contributed by atoms with van der Waals surface area (Å²) in [7, 11) is 0. The number of hydrogen-bond donors (Lipinski definition) is 2. The molecule has 0 aliphatic carbocycles. The fourth-order valence-electron chi connectivity index (χ4n) is 1.61. The lowest BCUT2D eigenvalue weighted by molar-refractivity contribution is 0.100. The lowest BCUT2D eigenvalue weighted by atomic mass is 9.88. The summed E-state index contributed by atoms with van der Waals surface area (Å²) in [4.78, 5) is 11.1. The van der Waals surface area contributed by atoms with Crippen LogP contribution < -0.4 is 11.1 Å². The number of carbonyl (C=O) groups is 1. The molecule has 18 heavy (non-hydrogen) atoms. The van der Waals surface area contributed by atoms with Gasteiger partial charge >= 0.3 is 0 Å². The van der Waals surface area contributed by atoms with E-state index in [0.717, 1.165) is 18.7 Å². The Morgan fingerprint density at radius 3 is 2.83 bits per heavy atom. The van der Waals surface area contributed by atoms with E-state index in [1.807, 2.05) is 6.07 Å². The molecule has 0 saturated heterocycles. The van der Waals surface area contributed by atoms with E-state index in [4.69, 9.17) is 11.0 Å². The standard InChI is InChI=1S/C14H19N3O/c1-14(2,7-4-8-15)10-17-12-6-3-5-11(9-12)13(16)18/h3,5-6,9,17H,4,7,10H2,1-2H3,(H2,16,18). The van der Waals surface area contributed by atoms with Gasteiger partial charge in [0.1, 0.15) is 0 Å². The molecule has 0 unspecified atom stereocenters. The Bertz CT molecular complexity index is 460. The van der Waals surface area contributed by atoms with E-state index in [1.165, 1.54) is 0 Å². The molecule has 3 N–H and O–H groups in total. The van der Waals surface area contributed by atoms with E-state index in [-0.39, 0.29) is 5.41 Å². The van der Waals surface area contributed by atoms with Gasteiger partial charge in [-0.15, -0.1) is 0 Å². The van der Waals surface area contributed by atoms with Crippen LogP contribution in [0, 0.1) is 16.7 Å². The molecule has 0 fully saturated rings. The number of nitrogens with zero attached hydrogens (tertiary/aromatic N) is 1. The Labute approximate surface area is 108 Å². The van der Waals surface area contributed by atoms with Gasteiger partial charge in [0.05, 0.1) is 6.07 Å². The second kappa shape index (κ2) is 6.06. The molecule has 1 rings (SSSR count). The SMILES string of the molecule is CC(C)(CCC#N)CNc1cccc(C(N)=O)c1. The van der Waals surface area contributed by atoms with Crippen molar-refractivity contribution < 1.29 is 4.79 Å². The zero-order valence-corrected chi connectivity index (χ0v) is 10.9. The Morgan fingerprint density at radius 2 is 2.22 bits per heavy atom. The molecular formula is C14H19N3O. The predicted molar refractivity (Wildman–Crippen MR) is 72.1 cm³/mol. The van der Waals surface area contributed by atoms with Crippen molar-refractivity contribution in [2.75, 3.05) is 11.9 Å². The van der Waals surface area contributed by atoms with E-state index in [9.17, 15) is 4.79 Å². The topological polar surface area (TPSA) is 78.9 Å². The molecular weight excluding hydrogens is 226 g/mol. The second-order valence-electron chi connectivity index (χ2n) is 5.12. The minimum Gasteiger partial charge on any atom is -0.384 e. The van der Waals surface area contributed by atoms with Crippen LogP contribution in [0.25, 0.3) is 0 Å². The summed E-state index contributed by atoms with van der Waals surface area (Å²) in [5, 5.41) is 11.9. The molecule has 0 aliphatic heterocycles. The average molecular weight is 245 g/mol. The molecule has 1 aromatic rings. The van der Waals surface area contributed by atoms with Crippen molar-refractivity contribution in [2.24, 2.45) is 11.1 Å². The fourth-order valence-corrected chi connectivity index (χ4v) is 1.61. The van der Waals surface area contributed by atoms with Gasteiger partial charge in [0.25, 0.3) is 0 Å². The van der Waals surface area contributed by atoms with Crippen LogP contribution in [0.3, 0.4) is 0 Å². The maximum atomic E-state index is 11.1. The lowest BCUT2D eigenvalue weighted by Gasteiger charge is -2.24. The third-order valence-corrected chi connectivity index (χ3v) is 2.83. The molecule has 1 aromatic carbocycles. The van der Waals surface area contributed by atoms with Crippen molar-refractivity contribution in [2.45, 2.75) is 26.7 Å². The molecule has 4 heteroatoms. The smallest absolute Gasteiger partial charge is 0.248 e. The van der Waals surface area contributed by atoms with Crippen LogP contribution in [0.2, 0.25) is 0 Å². The third kappa shape index (κ3) is 4.46. The lowest BCUT2D eigenvalue weighted by Crippen LogP contribution is -2.23. The van der Waals surface area contributed by atoms with Gasteiger partial charge in [-0.1, -0.05) is 19.9 Å². The highest BCUT2D eigenvalue weighted by molar-refractivity contribution is 5.93. The number of nitrogens with one attached hydrogen (secondary N) is 1. The zero-order chi connectivity index (χ0) is 13.6. The Morgan fingerprint density at radius 1 is 1.50 bits per heavy atom. The van der Waals surface area contributed by atoms with Gasteiger partial charge < -0.3 is 11.1 Å². The van der Waals surface area contributed by atoms with Crippen molar-refractivity contribution in [3.05, 3.63) is 29.8 Å². The first-order valence-corrected chi connectivity index (χ1v) is 5.95. The van der Waals surface area contributed by atoms with Crippen molar-refractivity contribution in [3.63, 3.8) is 0 Å². The molecule has 0 radical (unpaired) electrons. The molecule has 0 spiro atoms. The van der Waals surface area contributed by atoms with Gasteiger partial charge in [-0.2, -0.15) is 5.26 Å². The zero-order valence-electron chi connectivity index (χ0n) is 10.9. The number of carbonyl (C=O) groups excluding carboxylic acids is 1. The van der Waals surface area contributed by atoms with Crippen molar-refractivity contribution in [3.8, 4) is 6.07 Å². The minimum atomic E-state index is -0.428. The number of rotatable bonds is 6. The van der Waals surface area contributed by atoms with Crippen molar-refractivity contribution in [1.29, 1.82) is 5.26 Å². The maximum absolute atomic E-state index is 11.1. The third-order valence-electron chi connectivity index (χ3n) is 2.83. The van der Waals surface area contributed by atoms with Crippen LogP contribution >= 0.6 is 0 Å². The summed E-state index contributed by atoms with van der Waals surface area (Å²) in [6, 6.07) is 9.28. The highest BCUT2D eigenvalue weighted by Crippen LogP contribution is 2.23. The summed E-state index contributed by atoms with van der Waals surface area (Å²) < 4.78 is 0. The first-order chi connectivity index (χ1) is 8.44. The van der Waals surface area contributed by atoms with Crippen LogP contribution in [-0.2, 0) is 0 Å². The Balaban J connectivity index is 2.61. The number of anilines is 1. The molecule has 0 aromatic heterocycles. The van der Waals surface area contributed by atoms with E-state index in [1.54, 1.807) is 18.2 Å². The highest BCUT2D eigenvalue weighted by Gasteiger charge is 2.17. The summed E-state index contributed by atoms with van der Waals surface area (Å²) in [5.74, 6) is -0.428. The minimum absolute atomic E-state index is 0.0401. The van der Waals surface area contributed by atoms with Crippen LogP contribution in [0.4, 0.5) is 5.69 Å². The van der Waals surface area contributed by atoms with Gasteiger partial charge in [-0.3, -0.25) is 4.79 Å². The van der Waals surface area contributed by atoms with Crippen molar-refractivity contribution in [1.82, 2.24) is 0 Å². The summed E-state index contributed by atoms with van der Waals surface area (Å²) in [6.45, 7) is 4.96. The largest absolute Gasteiger partial charge is 0.384 e. The molecule has 1 amide bonds. The van der Waals surface area contributed by atoms with E-state index in [2.05, 4.69) is 25.2 Å². The van der Waals surface area contributed by atoms with Crippen LogP contribution in [0.1, 0.15) is 37.0 Å². The summed E-state index contributed by atoms with van der Waals surface area (Å²) >= 11 is 0. The highest BCUT2D eigenvalue weighted by atomic mass is 16.1. The molecule has 0 bridgehead atoms. The van der Waals surface area contributed by atoms with Crippen LogP contribution in [0.15, 0.2) is 24.3 Å². The molecule has 0 aliphatic rings. The van der Waals surface area contributed by atoms with E-state index < -0.39 is 5.91 Å². The summed E-state index contributed by atoms with van der Waals surface area (Å²) in [5.41, 5.74) is 6.63. The quantitative estimate of drug-likeness (QED) is 0.808. The van der Waals surface area contributed by atoms with Crippen LogP contribution in [-0.4, -0.2) is 12.5 Å². The second-order valence-corrected chi connectivity index (χ2v) is 5.12. The van der Waals surface area contributed by atoms with E-state index >= 15 is 0 Å². The Kier molecular flexibility index (Phi) is 4.73. The molecule has 0 atom stereocenters. The van der Waals surface area contributed by atoms with Crippen molar-refractivity contribution >= 4 is 11.6 Å². The number of primary amides is 1. The van der Waals surface area contributed by atoms with Gasteiger partial charge in [0.2, 0.25) is 5.91 Å². The molecule has 0 heterocycles. The van der Waals surface area contributed by atoms with Gasteiger partial charge in [0, 0.05) is 24.2 Å². The monoisotopic (exact) mass is 245 g/mol. The maximum Gasteiger partial charge on any atom is 0.248 e. The van der Waals surface area contributed by atoms with Gasteiger partial charge in [-0.25, -0.2) is 0 Å². The predicted octanol–water partition coefficient (Wildman–Crippen LogP) is 2.53. The molecule has 96 valence electrons. The van der Waals surface area contributed by atoms with E-state index in [0.29, 0.717) is 12.0 Å². The number of nitrogens with two attached hydrogens (primary N) is 1. The van der Waals surface area contributed by atoms with Gasteiger partial charge in [0.15, 0.2) is 0 Å². The number of nitriles is 1. The number of amides is 1. The normalized spacial score (nSPS) is 10.7. The first-order valence-electron chi connectivity index (χ1n) is 5.95. The Hall–Kier alpha value is -2.02. The fraction of sp³-hybridized carbons (Fsp3) is 0.429. The molecule has 0 saturated carbocycles. The average Bonchev–Trinajstić information content (AvgIpc) is 2.34. The number of benzene rings is 1. The number of hydrogen-bond acceptors (Lipinski definition) is 3. The molecule has 4 nitrogen and oxygen atoms in total. The summed E-state index contributed by atoms with van der Waals surface area (Å²) in [6.07, 6.45) is 1.39. The van der Waals surface area contributed by atoms with Gasteiger partial charge in [-0.05, 0) is 30.0 Å².